The standard InChI is InChI=1S/C3H7NO2/c1-2-3(5)4-6/h6H,2H2,1H3,(H,4,5). The van der Waals surface area contributed by atoms with Crippen LogP contribution in [-0.2, 0) is 4.79 Å². The SMILES string of the molecule is CCC(=O)NO. The number of hydrogen-bond donors (Lipinski definition) is 2. The van der Waals surface area contributed by atoms with E-state index >= 15 is 0 Å². The first-order valence-electron chi connectivity index (χ1n) is 1.74. The molecule has 0 spiro atoms. The van der Waals surface area contributed by atoms with Gasteiger partial charge in [-0.05, 0) is 0 Å². The van der Waals surface area contributed by atoms with E-state index in [1.807, 2.05) is 0 Å². The second kappa shape index (κ2) is 2.66. The summed E-state index contributed by atoms with van der Waals surface area (Å²) < 4.78 is 0. The minimum atomic E-state index is -0.352. The molecule has 0 heterocycles. The number of hydroxylamine groups is 1. The Hall–Kier alpha value is -0.570. The van der Waals surface area contributed by atoms with E-state index in [9.17, 15) is 4.79 Å². The summed E-state index contributed by atoms with van der Waals surface area (Å²) >= 11 is 0. The van der Waals surface area contributed by atoms with Gasteiger partial charge in [0.25, 0.3) is 0 Å². The third-order valence-corrected chi connectivity index (χ3v) is 0.446. The van der Waals surface area contributed by atoms with E-state index in [1.165, 1.54) is 5.48 Å². The van der Waals surface area contributed by atoms with E-state index in [1.54, 1.807) is 6.92 Å². The number of amides is 1. The van der Waals surface area contributed by atoms with Gasteiger partial charge in [-0.1, -0.05) is 6.92 Å². The van der Waals surface area contributed by atoms with Gasteiger partial charge in [0, 0.05) is 6.42 Å². The van der Waals surface area contributed by atoms with E-state index in [2.05, 4.69) is 0 Å². The lowest BCUT2D eigenvalue weighted by Gasteiger charge is -1.85. The van der Waals surface area contributed by atoms with Gasteiger partial charge in [0.1, 0.15) is 0 Å². The molecule has 0 saturated carbocycles. The first-order valence-corrected chi connectivity index (χ1v) is 1.74. The number of nitrogens with one attached hydrogen (secondary N) is 1. The molecule has 3 nitrogen and oxygen atoms in total. The predicted molar refractivity (Wildman–Crippen MR) is 20.2 cm³/mol. The molecule has 0 aromatic carbocycles. The maximum absolute atomic E-state index is 9.82. The Morgan fingerprint density at radius 3 is 2.50 bits per heavy atom. The van der Waals surface area contributed by atoms with Crippen molar-refractivity contribution in [3.63, 3.8) is 0 Å². The van der Waals surface area contributed by atoms with Gasteiger partial charge in [0.05, 0.1) is 0 Å². The monoisotopic (exact) mass is 89.0 g/mol. The predicted octanol–water partition coefficient (Wildman–Crippen LogP) is -0.0982. The molecule has 0 aliphatic rings. The molecule has 0 aliphatic carbocycles. The van der Waals surface area contributed by atoms with Crippen molar-refractivity contribution in [3.05, 3.63) is 0 Å². The van der Waals surface area contributed by atoms with Crippen molar-refractivity contribution in [2.75, 3.05) is 0 Å². The van der Waals surface area contributed by atoms with Crippen LogP contribution in [0.25, 0.3) is 0 Å². The molecule has 0 fully saturated rings. The highest BCUT2D eigenvalue weighted by atomic mass is 16.5. The lowest BCUT2D eigenvalue weighted by atomic mass is 10.5. The minimum Gasteiger partial charge on any atom is -0.289 e. The van der Waals surface area contributed by atoms with E-state index in [0.29, 0.717) is 6.42 Å². The van der Waals surface area contributed by atoms with Crippen LogP contribution in [0.4, 0.5) is 0 Å². The van der Waals surface area contributed by atoms with Crippen LogP contribution in [0.1, 0.15) is 13.3 Å². The fourth-order valence-corrected chi connectivity index (χ4v) is 0.0791. The Morgan fingerprint density at radius 2 is 2.50 bits per heavy atom. The summed E-state index contributed by atoms with van der Waals surface area (Å²) in [5.74, 6) is -0.352. The summed E-state index contributed by atoms with van der Waals surface area (Å²) in [4.78, 5) is 9.82. The van der Waals surface area contributed by atoms with Crippen molar-refractivity contribution < 1.29 is 10.0 Å². The number of hydrogen-bond acceptors (Lipinski definition) is 2. The number of rotatable bonds is 1. The number of carbonyl (C=O) groups excluding carboxylic acids is 1. The Balaban J connectivity index is 2.99. The Labute approximate surface area is 35.9 Å². The lowest BCUT2D eigenvalue weighted by molar-refractivity contribution is -0.128. The molecule has 0 aromatic rings. The zero-order chi connectivity index (χ0) is 4.99. The molecule has 3 heteroatoms. The van der Waals surface area contributed by atoms with Crippen LogP contribution in [0.2, 0.25) is 0 Å². The average Bonchev–Trinajstić information content (AvgIpc) is 1.65. The van der Waals surface area contributed by atoms with Crippen LogP contribution in [0.5, 0.6) is 0 Å². The normalized spacial score (nSPS) is 7.67. The smallest absolute Gasteiger partial charge is 0.243 e. The van der Waals surface area contributed by atoms with Crippen molar-refractivity contribution in [1.82, 2.24) is 5.48 Å². The van der Waals surface area contributed by atoms with E-state index < -0.39 is 0 Å². The summed E-state index contributed by atoms with van der Waals surface area (Å²) in [6.07, 6.45) is 0.330. The van der Waals surface area contributed by atoms with Gasteiger partial charge in [0.2, 0.25) is 5.91 Å². The van der Waals surface area contributed by atoms with Crippen LogP contribution in [-0.4, -0.2) is 11.1 Å². The van der Waals surface area contributed by atoms with Crippen molar-refractivity contribution in [3.8, 4) is 0 Å². The van der Waals surface area contributed by atoms with Gasteiger partial charge in [-0.2, -0.15) is 0 Å². The van der Waals surface area contributed by atoms with E-state index in [0.717, 1.165) is 0 Å². The average molecular weight is 89.1 g/mol. The lowest BCUT2D eigenvalue weighted by Crippen LogP contribution is -2.16. The van der Waals surface area contributed by atoms with Gasteiger partial charge in [-0.3, -0.25) is 10.0 Å². The van der Waals surface area contributed by atoms with Crippen LogP contribution in [0.15, 0.2) is 0 Å². The molecule has 0 atom stereocenters. The van der Waals surface area contributed by atoms with Crippen molar-refractivity contribution in [1.29, 1.82) is 0 Å². The highest BCUT2D eigenvalue weighted by Crippen LogP contribution is 1.67. The van der Waals surface area contributed by atoms with E-state index in [-0.39, 0.29) is 5.91 Å². The molecule has 0 saturated heterocycles. The van der Waals surface area contributed by atoms with Gasteiger partial charge in [-0.15, -0.1) is 0 Å². The van der Waals surface area contributed by atoms with Gasteiger partial charge >= 0.3 is 0 Å². The maximum atomic E-state index is 9.82. The summed E-state index contributed by atoms with van der Waals surface area (Å²) in [5, 5.41) is 7.74. The summed E-state index contributed by atoms with van der Waals surface area (Å²) in [6.45, 7) is 1.66. The maximum Gasteiger partial charge on any atom is 0.243 e. The third kappa shape index (κ3) is 1.72. The first-order chi connectivity index (χ1) is 2.81. The van der Waals surface area contributed by atoms with E-state index in [4.69, 9.17) is 5.21 Å². The largest absolute Gasteiger partial charge is 0.289 e. The van der Waals surface area contributed by atoms with Crippen molar-refractivity contribution >= 4 is 5.91 Å². The zero-order valence-corrected chi connectivity index (χ0v) is 3.56. The molecular weight excluding hydrogens is 82.0 g/mol. The van der Waals surface area contributed by atoms with Crippen LogP contribution in [0.3, 0.4) is 0 Å². The highest BCUT2D eigenvalue weighted by molar-refractivity contribution is 5.73. The molecule has 2 N–H and O–H groups in total. The molecule has 6 heavy (non-hydrogen) atoms. The van der Waals surface area contributed by atoms with Crippen LogP contribution < -0.4 is 5.48 Å². The molecule has 36 valence electrons. The summed E-state index contributed by atoms with van der Waals surface area (Å²) in [5.41, 5.74) is 1.48. The quantitative estimate of drug-likeness (QED) is 0.348. The molecule has 0 aliphatic heterocycles. The van der Waals surface area contributed by atoms with Gasteiger partial charge in [-0.25, -0.2) is 5.48 Å². The molecule has 0 unspecified atom stereocenters. The Kier molecular flexibility index (Phi) is 2.40. The van der Waals surface area contributed by atoms with Gasteiger partial charge < -0.3 is 0 Å². The van der Waals surface area contributed by atoms with Crippen LogP contribution >= 0.6 is 0 Å². The minimum absolute atomic E-state index is 0.330. The molecular formula is C3H7NO2. The second-order valence-corrected chi connectivity index (χ2v) is 0.889. The molecule has 0 radical (unpaired) electrons. The fraction of sp³-hybridized carbons (Fsp3) is 0.667. The van der Waals surface area contributed by atoms with Crippen LogP contribution in [0, 0.1) is 0 Å². The molecule has 1 amide bonds. The Morgan fingerprint density at radius 1 is 2.00 bits per heavy atom. The zero-order valence-electron chi connectivity index (χ0n) is 3.56. The Bertz CT molecular complexity index is 46.8. The first kappa shape index (κ1) is 5.43. The molecule has 0 aromatic heterocycles. The van der Waals surface area contributed by atoms with Gasteiger partial charge in [0.15, 0.2) is 0 Å². The van der Waals surface area contributed by atoms with Crippen molar-refractivity contribution in [2.45, 2.75) is 13.3 Å². The van der Waals surface area contributed by atoms with Crippen molar-refractivity contribution in [2.24, 2.45) is 0 Å². The third-order valence-electron chi connectivity index (χ3n) is 0.446. The second-order valence-electron chi connectivity index (χ2n) is 0.889. The summed E-state index contributed by atoms with van der Waals surface area (Å²) in [7, 11) is 0. The molecule has 0 rings (SSSR count). The molecule has 0 bridgehead atoms. The topological polar surface area (TPSA) is 49.3 Å². The number of carbonyl (C=O) groups is 1. The summed E-state index contributed by atoms with van der Waals surface area (Å²) in [6, 6.07) is 0. The fourth-order valence-electron chi connectivity index (χ4n) is 0.0791. The highest BCUT2D eigenvalue weighted by Gasteiger charge is 1.86.